The second kappa shape index (κ2) is 7.57. The summed E-state index contributed by atoms with van der Waals surface area (Å²) >= 11 is 1.42. The van der Waals surface area contributed by atoms with Crippen LogP contribution in [-0.2, 0) is 0 Å². The molecule has 3 rings (SSSR count). The van der Waals surface area contributed by atoms with E-state index in [1.54, 1.807) is 23.1 Å². The lowest BCUT2D eigenvalue weighted by atomic mass is 9.96. The normalized spacial score (nSPS) is 15.3. The maximum absolute atomic E-state index is 13.7. The third kappa shape index (κ3) is 3.82. The number of benzene rings is 1. The number of thiophene rings is 1. The zero-order chi connectivity index (χ0) is 16.9. The van der Waals surface area contributed by atoms with Gasteiger partial charge in [-0.05, 0) is 42.3 Å². The fourth-order valence-corrected chi connectivity index (χ4v) is 3.52. The number of rotatable bonds is 4. The van der Waals surface area contributed by atoms with Crippen molar-refractivity contribution in [1.29, 1.82) is 0 Å². The van der Waals surface area contributed by atoms with Gasteiger partial charge in [0, 0.05) is 19.6 Å². The van der Waals surface area contributed by atoms with Crippen LogP contribution >= 0.6 is 11.3 Å². The monoisotopic (exact) mass is 346 g/mol. The van der Waals surface area contributed by atoms with Crippen molar-refractivity contribution >= 4 is 23.2 Å². The Morgan fingerprint density at radius 3 is 2.58 bits per heavy atom. The van der Waals surface area contributed by atoms with Crippen LogP contribution in [0.5, 0.6) is 0 Å². The van der Waals surface area contributed by atoms with Gasteiger partial charge >= 0.3 is 0 Å². The zero-order valence-electron chi connectivity index (χ0n) is 13.2. The van der Waals surface area contributed by atoms with Crippen molar-refractivity contribution in [3.8, 4) is 0 Å². The average molecular weight is 346 g/mol. The maximum atomic E-state index is 13.7. The summed E-state index contributed by atoms with van der Waals surface area (Å²) in [6.07, 6.45) is 1.62. The lowest BCUT2D eigenvalue weighted by Gasteiger charge is -2.32. The molecule has 4 nitrogen and oxygen atoms in total. The van der Waals surface area contributed by atoms with Crippen LogP contribution in [-0.4, -0.2) is 36.3 Å². The minimum atomic E-state index is -0.479. The van der Waals surface area contributed by atoms with Crippen molar-refractivity contribution in [3.63, 3.8) is 0 Å². The predicted molar refractivity (Wildman–Crippen MR) is 91.7 cm³/mol. The Morgan fingerprint density at radius 1 is 1.17 bits per heavy atom. The van der Waals surface area contributed by atoms with Gasteiger partial charge in [0.2, 0.25) is 0 Å². The molecule has 2 amide bonds. The Labute approximate surface area is 144 Å². The van der Waals surface area contributed by atoms with Crippen LogP contribution in [0, 0.1) is 11.7 Å². The second-order valence-corrected chi connectivity index (χ2v) is 6.85. The van der Waals surface area contributed by atoms with Gasteiger partial charge in [-0.2, -0.15) is 0 Å². The highest BCUT2D eigenvalue weighted by Crippen LogP contribution is 2.20. The van der Waals surface area contributed by atoms with E-state index in [1.807, 2.05) is 11.4 Å². The molecule has 0 unspecified atom stereocenters. The second-order valence-electron chi connectivity index (χ2n) is 5.90. The van der Waals surface area contributed by atoms with E-state index in [9.17, 15) is 14.0 Å². The molecule has 1 aliphatic heterocycles. The molecule has 1 aromatic carbocycles. The quantitative estimate of drug-likeness (QED) is 0.924. The van der Waals surface area contributed by atoms with Gasteiger partial charge in [0.25, 0.3) is 11.8 Å². The van der Waals surface area contributed by atoms with Crippen molar-refractivity contribution in [2.45, 2.75) is 12.8 Å². The fraction of sp³-hybridized carbons (Fsp3) is 0.333. The minimum absolute atomic E-state index is 0.0464. The number of amides is 2. The van der Waals surface area contributed by atoms with Crippen molar-refractivity contribution in [3.05, 3.63) is 58.0 Å². The standard InChI is InChI=1S/C18H19FN2O2S/c19-15-5-2-1-4-14(15)18(23)21-9-7-13(8-10-21)12-20-17(22)16-6-3-11-24-16/h1-6,11,13H,7-10,12H2,(H,20,22). The van der Waals surface area contributed by atoms with Gasteiger partial charge in [-0.1, -0.05) is 18.2 Å². The number of nitrogens with zero attached hydrogens (tertiary/aromatic N) is 1. The summed E-state index contributed by atoms with van der Waals surface area (Å²) in [5.41, 5.74) is 0.127. The molecule has 1 aromatic heterocycles. The van der Waals surface area contributed by atoms with Gasteiger partial charge < -0.3 is 10.2 Å². The topological polar surface area (TPSA) is 49.4 Å². The third-order valence-corrected chi connectivity index (χ3v) is 5.17. The van der Waals surface area contributed by atoms with E-state index in [0.29, 0.717) is 30.4 Å². The number of carbonyl (C=O) groups excluding carboxylic acids is 2. The number of hydrogen-bond acceptors (Lipinski definition) is 3. The van der Waals surface area contributed by atoms with Crippen LogP contribution in [0.1, 0.15) is 32.9 Å². The smallest absolute Gasteiger partial charge is 0.261 e. The third-order valence-electron chi connectivity index (χ3n) is 4.30. The molecule has 0 atom stereocenters. The summed E-state index contributed by atoms with van der Waals surface area (Å²) in [5, 5.41) is 4.82. The van der Waals surface area contributed by atoms with Gasteiger partial charge in [-0.15, -0.1) is 11.3 Å². The van der Waals surface area contributed by atoms with Crippen molar-refractivity contribution < 1.29 is 14.0 Å². The molecule has 2 aromatic rings. The highest BCUT2D eigenvalue weighted by molar-refractivity contribution is 7.12. The van der Waals surface area contributed by atoms with Gasteiger partial charge in [-0.25, -0.2) is 4.39 Å². The highest BCUT2D eigenvalue weighted by atomic mass is 32.1. The van der Waals surface area contributed by atoms with E-state index in [4.69, 9.17) is 0 Å². The van der Waals surface area contributed by atoms with E-state index >= 15 is 0 Å². The molecule has 0 bridgehead atoms. The lowest BCUT2D eigenvalue weighted by Crippen LogP contribution is -2.41. The molecule has 0 spiro atoms. The van der Waals surface area contributed by atoms with Gasteiger partial charge in [0.05, 0.1) is 10.4 Å². The van der Waals surface area contributed by atoms with E-state index in [-0.39, 0.29) is 17.4 Å². The fourth-order valence-electron chi connectivity index (χ4n) is 2.88. The number of hydrogen-bond donors (Lipinski definition) is 1. The number of likely N-dealkylation sites (tertiary alicyclic amines) is 1. The lowest BCUT2D eigenvalue weighted by molar-refractivity contribution is 0.0680. The Morgan fingerprint density at radius 2 is 1.92 bits per heavy atom. The molecule has 1 aliphatic rings. The van der Waals surface area contributed by atoms with E-state index in [1.165, 1.54) is 23.5 Å². The first-order valence-corrected chi connectivity index (χ1v) is 8.88. The van der Waals surface area contributed by atoms with Crippen LogP contribution < -0.4 is 5.32 Å². The molecule has 0 radical (unpaired) electrons. The molecule has 6 heteroatoms. The Balaban J connectivity index is 1.48. The Hall–Kier alpha value is -2.21. The molecular weight excluding hydrogens is 327 g/mol. The Bertz CT molecular complexity index is 710. The first kappa shape index (κ1) is 16.6. The predicted octanol–water partition coefficient (Wildman–Crippen LogP) is 3.17. The zero-order valence-corrected chi connectivity index (χ0v) is 14.0. The summed E-state index contributed by atoms with van der Waals surface area (Å²) in [5.74, 6) is -0.435. The maximum Gasteiger partial charge on any atom is 0.261 e. The largest absolute Gasteiger partial charge is 0.351 e. The number of halogens is 1. The summed E-state index contributed by atoms with van der Waals surface area (Å²) in [6.45, 7) is 1.79. The number of nitrogens with one attached hydrogen (secondary N) is 1. The number of carbonyl (C=O) groups is 2. The summed E-state index contributed by atoms with van der Waals surface area (Å²) in [7, 11) is 0. The van der Waals surface area contributed by atoms with E-state index in [0.717, 1.165) is 12.8 Å². The van der Waals surface area contributed by atoms with Crippen LogP contribution in [0.3, 0.4) is 0 Å². The van der Waals surface area contributed by atoms with Crippen molar-refractivity contribution in [2.75, 3.05) is 19.6 Å². The van der Waals surface area contributed by atoms with E-state index in [2.05, 4.69) is 5.32 Å². The minimum Gasteiger partial charge on any atom is -0.351 e. The number of piperidine rings is 1. The molecule has 0 saturated carbocycles. The Kier molecular flexibility index (Phi) is 5.25. The summed E-state index contributed by atoms with van der Waals surface area (Å²) in [6, 6.07) is 9.73. The first-order chi connectivity index (χ1) is 11.6. The van der Waals surface area contributed by atoms with Crippen LogP contribution in [0.4, 0.5) is 4.39 Å². The van der Waals surface area contributed by atoms with Crippen LogP contribution in [0.15, 0.2) is 41.8 Å². The molecule has 126 valence electrons. The van der Waals surface area contributed by atoms with Gasteiger partial charge in [0.15, 0.2) is 0 Å². The van der Waals surface area contributed by atoms with Crippen molar-refractivity contribution in [2.24, 2.45) is 5.92 Å². The van der Waals surface area contributed by atoms with Crippen LogP contribution in [0.2, 0.25) is 0 Å². The molecular formula is C18H19FN2O2S. The molecule has 1 N–H and O–H groups in total. The summed E-state index contributed by atoms with van der Waals surface area (Å²) < 4.78 is 13.7. The molecule has 1 fully saturated rings. The van der Waals surface area contributed by atoms with Gasteiger partial charge in [-0.3, -0.25) is 9.59 Å². The van der Waals surface area contributed by atoms with Crippen molar-refractivity contribution in [1.82, 2.24) is 10.2 Å². The van der Waals surface area contributed by atoms with E-state index < -0.39 is 5.82 Å². The summed E-state index contributed by atoms with van der Waals surface area (Å²) in [4.78, 5) is 26.7. The SMILES string of the molecule is O=C(NCC1CCN(C(=O)c2ccccc2F)CC1)c1cccs1. The molecule has 24 heavy (non-hydrogen) atoms. The molecule has 2 heterocycles. The van der Waals surface area contributed by atoms with Crippen LogP contribution in [0.25, 0.3) is 0 Å². The van der Waals surface area contributed by atoms with Gasteiger partial charge in [0.1, 0.15) is 5.82 Å². The highest BCUT2D eigenvalue weighted by Gasteiger charge is 2.25. The first-order valence-electron chi connectivity index (χ1n) is 8.00. The molecule has 0 aliphatic carbocycles. The average Bonchev–Trinajstić information content (AvgIpc) is 3.15. The molecule has 1 saturated heterocycles.